The molecular formula is C21H32IN5O. The van der Waals surface area contributed by atoms with Crippen molar-refractivity contribution in [2.75, 3.05) is 33.9 Å². The Labute approximate surface area is 185 Å². The maximum atomic E-state index is 5.44. The van der Waals surface area contributed by atoms with Crippen LogP contribution in [-0.4, -0.2) is 54.5 Å². The molecule has 1 aromatic heterocycles. The molecule has 1 saturated heterocycles. The molecular weight excluding hydrogens is 465 g/mol. The number of aromatic nitrogens is 2. The molecule has 0 saturated carbocycles. The Morgan fingerprint density at radius 1 is 1.25 bits per heavy atom. The number of hydrogen-bond acceptors (Lipinski definition) is 3. The molecule has 2 aromatic rings. The number of nitrogens with zero attached hydrogens (tertiary/aromatic N) is 4. The van der Waals surface area contributed by atoms with Crippen LogP contribution in [0, 0.1) is 5.92 Å². The van der Waals surface area contributed by atoms with Crippen molar-refractivity contribution in [2.24, 2.45) is 10.9 Å². The van der Waals surface area contributed by atoms with Crippen LogP contribution in [-0.2, 0) is 17.8 Å². The van der Waals surface area contributed by atoms with Gasteiger partial charge in [0.1, 0.15) is 0 Å². The highest BCUT2D eigenvalue weighted by Crippen LogP contribution is 2.18. The summed E-state index contributed by atoms with van der Waals surface area (Å²) in [6.45, 7) is 4.35. The maximum Gasteiger partial charge on any atom is 0.193 e. The number of rotatable bonds is 7. The van der Waals surface area contributed by atoms with E-state index < -0.39 is 0 Å². The van der Waals surface area contributed by atoms with Crippen LogP contribution in [0.3, 0.4) is 0 Å². The summed E-state index contributed by atoms with van der Waals surface area (Å²) in [6, 6.07) is 10.4. The van der Waals surface area contributed by atoms with Crippen molar-refractivity contribution in [3.8, 4) is 0 Å². The van der Waals surface area contributed by atoms with E-state index in [9.17, 15) is 0 Å². The Hall–Kier alpha value is -1.61. The van der Waals surface area contributed by atoms with E-state index in [1.54, 1.807) is 0 Å². The van der Waals surface area contributed by atoms with Gasteiger partial charge in [-0.3, -0.25) is 9.67 Å². The van der Waals surface area contributed by atoms with Crippen LogP contribution in [0.2, 0.25) is 0 Å². The summed E-state index contributed by atoms with van der Waals surface area (Å²) in [4.78, 5) is 6.63. The van der Waals surface area contributed by atoms with Crippen molar-refractivity contribution in [3.05, 3.63) is 53.9 Å². The van der Waals surface area contributed by atoms with E-state index in [2.05, 4.69) is 57.8 Å². The lowest BCUT2D eigenvalue weighted by Gasteiger charge is -2.26. The molecule has 1 aliphatic heterocycles. The Morgan fingerprint density at radius 2 is 2.00 bits per heavy atom. The van der Waals surface area contributed by atoms with Crippen LogP contribution >= 0.6 is 24.0 Å². The summed E-state index contributed by atoms with van der Waals surface area (Å²) < 4.78 is 7.42. The fraction of sp³-hybridized carbons (Fsp3) is 0.524. The van der Waals surface area contributed by atoms with Gasteiger partial charge in [0, 0.05) is 52.2 Å². The minimum absolute atomic E-state index is 0. The molecule has 154 valence electrons. The van der Waals surface area contributed by atoms with E-state index in [0.717, 1.165) is 50.3 Å². The summed E-state index contributed by atoms with van der Waals surface area (Å²) in [6.07, 6.45) is 7.57. The smallest absolute Gasteiger partial charge is 0.193 e. The number of benzene rings is 1. The van der Waals surface area contributed by atoms with Gasteiger partial charge in [0.25, 0.3) is 0 Å². The Balaban J connectivity index is 0.00000280. The number of nitrogens with one attached hydrogen (secondary N) is 1. The van der Waals surface area contributed by atoms with Crippen molar-refractivity contribution in [1.82, 2.24) is 20.0 Å². The van der Waals surface area contributed by atoms with Crippen LogP contribution in [0.5, 0.6) is 0 Å². The summed E-state index contributed by atoms with van der Waals surface area (Å²) in [5, 5.41) is 7.92. The van der Waals surface area contributed by atoms with Gasteiger partial charge in [-0.15, -0.1) is 24.0 Å². The van der Waals surface area contributed by atoms with Crippen LogP contribution in [0.1, 0.15) is 30.4 Å². The Bertz CT molecular complexity index is 713. The lowest BCUT2D eigenvalue weighted by Crippen LogP contribution is -2.39. The van der Waals surface area contributed by atoms with Gasteiger partial charge in [-0.25, -0.2) is 0 Å². The second kappa shape index (κ2) is 12.1. The van der Waals surface area contributed by atoms with Gasteiger partial charge in [-0.1, -0.05) is 30.3 Å². The molecule has 1 N–H and O–H groups in total. The third-order valence-corrected chi connectivity index (χ3v) is 5.11. The van der Waals surface area contributed by atoms with Crippen molar-refractivity contribution < 1.29 is 4.74 Å². The molecule has 2 heterocycles. The first-order valence-electron chi connectivity index (χ1n) is 9.79. The molecule has 1 fully saturated rings. The van der Waals surface area contributed by atoms with Crippen LogP contribution in [0.4, 0.5) is 0 Å². The highest BCUT2D eigenvalue weighted by molar-refractivity contribution is 14.0. The van der Waals surface area contributed by atoms with Crippen molar-refractivity contribution in [1.29, 1.82) is 0 Å². The van der Waals surface area contributed by atoms with Crippen LogP contribution in [0.25, 0.3) is 0 Å². The molecule has 1 aliphatic rings. The number of hydrogen-bond donors (Lipinski definition) is 1. The van der Waals surface area contributed by atoms with E-state index in [-0.39, 0.29) is 24.0 Å². The minimum Gasteiger partial charge on any atom is -0.381 e. The highest BCUT2D eigenvalue weighted by atomic mass is 127. The molecule has 0 spiro atoms. The van der Waals surface area contributed by atoms with Gasteiger partial charge < -0.3 is 15.0 Å². The number of guanidine groups is 1. The lowest BCUT2D eigenvalue weighted by molar-refractivity contribution is 0.0625. The van der Waals surface area contributed by atoms with Gasteiger partial charge in [0.2, 0.25) is 0 Å². The monoisotopic (exact) mass is 497 g/mol. The molecule has 3 rings (SSSR count). The third kappa shape index (κ3) is 7.09. The Morgan fingerprint density at radius 3 is 2.71 bits per heavy atom. The molecule has 0 amide bonds. The van der Waals surface area contributed by atoms with Gasteiger partial charge >= 0.3 is 0 Å². The third-order valence-electron chi connectivity index (χ3n) is 5.11. The fourth-order valence-corrected chi connectivity index (χ4v) is 3.44. The quantitative estimate of drug-likeness (QED) is 0.362. The standard InChI is InChI=1S/C21H31N5O.HI/c1-22-21(25(2)11-8-18-9-12-27-13-10-18)23-14-20-15-24-26(17-20)16-19-6-4-3-5-7-19;/h3-7,15,17-18H,8-14,16H2,1-2H3,(H,22,23);1H. The highest BCUT2D eigenvalue weighted by Gasteiger charge is 2.15. The molecule has 0 bridgehead atoms. The molecule has 28 heavy (non-hydrogen) atoms. The SMILES string of the molecule is CN=C(NCc1cnn(Cc2ccccc2)c1)N(C)CCC1CCOCC1.I. The van der Waals surface area contributed by atoms with Crippen molar-refractivity contribution in [2.45, 2.75) is 32.4 Å². The predicted octanol–water partition coefficient (Wildman–Crippen LogP) is 3.37. The first-order valence-corrected chi connectivity index (χ1v) is 9.79. The summed E-state index contributed by atoms with van der Waals surface area (Å²) >= 11 is 0. The summed E-state index contributed by atoms with van der Waals surface area (Å²) in [5.41, 5.74) is 2.41. The molecule has 0 atom stereocenters. The molecule has 0 unspecified atom stereocenters. The maximum absolute atomic E-state index is 5.44. The van der Waals surface area contributed by atoms with Crippen molar-refractivity contribution >= 4 is 29.9 Å². The number of ether oxygens (including phenoxy) is 1. The molecule has 7 heteroatoms. The van der Waals surface area contributed by atoms with E-state index in [0.29, 0.717) is 0 Å². The first kappa shape index (κ1) is 22.7. The zero-order valence-corrected chi connectivity index (χ0v) is 19.2. The van der Waals surface area contributed by atoms with E-state index in [1.165, 1.54) is 24.8 Å². The van der Waals surface area contributed by atoms with E-state index in [1.807, 2.05) is 24.0 Å². The molecule has 0 aliphatic carbocycles. The van der Waals surface area contributed by atoms with Gasteiger partial charge in [-0.05, 0) is 30.7 Å². The molecule has 6 nitrogen and oxygen atoms in total. The van der Waals surface area contributed by atoms with Gasteiger partial charge in [0.05, 0.1) is 12.7 Å². The van der Waals surface area contributed by atoms with Crippen molar-refractivity contribution in [3.63, 3.8) is 0 Å². The normalized spacial score (nSPS) is 15.1. The zero-order chi connectivity index (χ0) is 18.9. The number of halogens is 1. The van der Waals surface area contributed by atoms with E-state index in [4.69, 9.17) is 4.74 Å². The van der Waals surface area contributed by atoms with E-state index >= 15 is 0 Å². The van der Waals surface area contributed by atoms with Gasteiger partial charge in [0.15, 0.2) is 5.96 Å². The largest absolute Gasteiger partial charge is 0.381 e. The number of aliphatic imine (C=N–C) groups is 1. The molecule has 0 radical (unpaired) electrons. The summed E-state index contributed by atoms with van der Waals surface area (Å²) in [5.74, 6) is 1.70. The first-order chi connectivity index (χ1) is 13.2. The average Bonchev–Trinajstić information content (AvgIpc) is 3.15. The predicted molar refractivity (Wildman–Crippen MR) is 124 cm³/mol. The fourth-order valence-electron chi connectivity index (χ4n) is 3.44. The average molecular weight is 497 g/mol. The zero-order valence-electron chi connectivity index (χ0n) is 16.9. The van der Waals surface area contributed by atoms with Crippen LogP contribution in [0.15, 0.2) is 47.7 Å². The second-order valence-electron chi connectivity index (χ2n) is 7.20. The second-order valence-corrected chi connectivity index (χ2v) is 7.20. The molecule has 1 aromatic carbocycles. The van der Waals surface area contributed by atoms with Gasteiger partial charge in [-0.2, -0.15) is 5.10 Å². The topological polar surface area (TPSA) is 54.7 Å². The van der Waals surface area contributed by atoms with Crippen LogP contribution < -0.4 is 5.32 Å². The Kier molecular flexibility index (Phi) is 9.77. The summed E-state index contributed by atoms with van der Waals surface area (Å²) in [7, 11) is 3.94. The lowest BCUT2D eigenvalue weighted by atomic mass is 9.96. The minimum atomic E-state index is 0.